The van der Waals surface area contributed by atoms with E-state index < -0.39 is 28.9 Å². The molecule has 166 valence electrons. The number of halogens is 3. The molecule has 0 unspecified atom stereocenters. The maximum Gasteiger partial charge on any atom is 0.431 e. The molecule has 0 aliphatic rings. The van der Waals surface area contributed by atoms with Crippen molar-refractivity contribution in [3.05, 3.63) is 87.3 Å². The molecule has 7 nitrogen and oxygen atoms in total. The Balaban J connectivity index is 1.82. The van der Waals surface area contributed by atoms with Crippen LogP contribution < -0.4 is 21.3 Å². The van der Waals surface area contributed by atoms with Crippen molar-refractivity contribution in [3.63, 3.8) is 0 Å². The standard InChI is InChI=1S/C22H18F3N3O4/c1-27-20(30)14-4-2-12(3-5-14)11-32-15-8-6-13(7-9-15)16-10-17(19(26)29)21(31)28-18(16)22(23,24)25/h2-10H,11H2,1H3,(H2,26,29)(H,27,30)(H,28,31). The van der Waals surface area contributed by atoms with Crippen molar-refractivity contribution in [2.75, 3.05) is 7.05 Å². The van der Waals surface area contributed by atoms with E-state index in [1.807, 2.05) is 0 Å². The number of H-pyrrole nitrogens is 1. The van der Waals surface area contributed by atoms with Gasteiger partial charge in [0.15, 0.2) is 0 Å². The molecule has 3 rings (SSSR count). The van der Waals surface area contributed by atoms with Gasteiger partial charge in [-0.15, -0.1) is 0 Å². The second kappa shape index (κ2) is 8.96. The Morgan fingerprint density at radius 3 is 2.22 bits per heavy atom. The molecule has 0 bridgehead atoms. The number of carbonyl (C=O) groups excluding carboxylic acids is 2. The fourth-order valence-corrected chi connectivity index (χ4v) is 2.96. The molecule has 0 aliphatic heterocycles. The lowest BCUT2D eigenvalue weighted by atomic mass is 10.0. The van der Waals surface area contributed by atoms with Gasteiger partial charge < -0.3 is 20.8 Å². The van der Waals surface area contributed by atoms with E-state index in [0.717, 1.165) is 11.6 Å². The van der Waals surface area contributed by atoms with Crippen molar-refractivity contribution in [2.24, 2.45) is 5.73 Å². The fraction of sp³-hybridized carbons (Fsp3) is 0.136. The third-order valence-electron chi connectivity index (χ3n) is 4.60. The number of hydrogen-bond acceptors (Lipinski definition) is 4. The zero-order valence-electron chi connectivity index (χ0n) is 16.7. The van der Waals surface area contributed by atoms with Crippen molar-refractivity contribution in [3.8, 4) is 16.9 Å². The minimum atomic E-state index is -4.85. The number of aromatic amines is 1. The van der Waals surface area contributed by atoms with Crippen LogP contribution in [0.2, 0.25) is 0 Å². The van der Waals surface area contributed by atoms with Gasteiger partial charge >= 0.3 is 6.18 Å². The molecule has 1 heterocycles. The van der Waals surface area contributed by atoms with Gasteiger partial charge in [0.05, 0.1) is 0 Å². The average molecular weight is 445 g/mol. The number of ether oxygens (including phenoxy) is 1. The van der Waals surface area contributed by atoms with E-state index in [2.05, 4.69) is 5.32 Å². The molecule has 0 radical (unpaired) electrons. The molecule has 10 heteroatoms. The second-order valence-corrected chi connectivity index (χ2v) is 6.75. The van der Waals surface area contributed by atoms with Crippen molar-refractivity contribution >= 4 is 11.8 Å². The summed E-state index contributed by atoms with van der Waals surface area (Å²) >= 11 is 0. The molecule has 4 N–H and O–H groups in total. The zero-order chi connectivity index (χ0) is 23.5. The van der Waals surface area contributed by atoms with Crippen molar-refractivity contribution in [1.29, 1.82) is 0 Å². The van der Waals surface area contributed by atoms with Gasteiger partial charge in [-0.25, -0.2) is 0 Å². The lowest BCUT2D eigenvalue weighted by Gasteiger charge is -2.14. The summed E-state index contributed by atoms with van der Waals surface area (Å²) in [6.45, 7) is 0.172. The van der Waals surface area contributed by atoms with E-state index in [1.165, 1.54) is 31.3 Å². The summed E-state index contributed by atoms with van der Waals surface area (Å²) in [4.78, 5) is 36.4. The van der Waals surface area contributed by atoms with Crippen LogP contribution in [-0.4, -0.2) is 23.8 Å². The number of nitrogens with two attached hydrogens (primary N) is 1. The van der Waals surface area contributed by atoms with Crippen molar-refractivity contribution in [1.82, 2.24) is 10.3 Å². The smallest absolute Gasteiger partial charge is 0.431 e. The van der Waals surface area contributed by atoms with Crippen LogP contribution in [0.25, 0.3) is 11.1 Å². The molecule has 0 saturated heterocycles. The first-order chi connectivity index (χ1) is 15.1. The van der Waals surface area contributed by atoms with Crippen LogP contribution in [0.5, 0.6) is 5.75 Å². The van der Waals surface area contributed by atoms with Crippen LogP contribution in [0.3, 0.4) is 0 Å². The Kier molecular flexibility index (Phi) is 6.33. The highest BCUT2D eigenvalue weighted by Gasteiger charge is 2.36. The number of benzene rings is 2. The highest BCUT2D eigenvalue weighted by molar-refractivity contribution is 5.94. The Morgan fingerprint density at radius 2 is 1.69 bits per heavy atom. The number of primary amides is 1. The summed E-state index contributed by atoms with van der Waals surface area (Å²) in [5.41, 5.74) is 3.03. The Morgan fingerprint density at radius 1 is 1.06 bits per heavy atom. The minimum Gasteiger partial charge on any atom is -0.489 e. The van der Waals surface area contributed by atoms with Crippen molar-refractivity contribution in [2.45, 2.75) is 12.8 Å². The first-order valence-corrected chi connectivity index (χ1v) is 9.28. The van der Waals surface area contributed by atoms with Gasteiger partial charge in [0, 0.05) is 18.2 Å². The zero-order valence-corrected chi connectivity index (χ0v) is 16.7. The average Bonchev–Trinajstić information content (AvgIpc) is 2.77. The van der Waals surface area contributed by atoms with Gasteiger partial charge in [0.25, 0.3) is 17.4 Å². The number of alkyl halides is 3. The lowest BCUT2D eigenvalue weighted by molar-refractivity contribution is -0.140. The van der Waals surface area contributed by atoms with Crippen LogP contribution >= 0.6 is 0 Å². The quantitative estimate of drug-likeness (QED) is 0.541. The normalized spacial score (nSPS) is 11.1. The largest absolute Gasteiger partial charge is 0.489 e. The predicted octanol–water partition coefficient (Wildman–Crippen LogP) is 3.10. The molecule has 32 heavy (non-hydrogen) atoms. The summed E-state index contributed by atoms with van der Waals surface area (Å²) < 4.78 is 45.8. The van der Waals surface area contributed by atoms with Gasteiger partial charge in [0.1, 0.15) is 23.6 Å². The maximum atomic E-state index is 13.4. The van der Waals surface area contributed by atoms with Crippen LogP contribution in [0, 0.1) is 0 Å². The SMILES string of the molecule is CNC(=O)c1ccc(COc2ccc(-c3cc(C(N)=O)c(=O)[nH]c3C(F)(F)F)cc2)cc1. The molecular weight excluding hydrogens is 427 g/mol. The van der Waals surface area contributed by atoms with Crippen LogP contribution in [0.4, 0.5) is 13.2 Å². The molecule has 2 aromatic carbocycles. The number of nitrogens with one attached hydrogen (secondary N) is 2. The monoisotopic (exact) mass is 445 g/mol. The maximum absolute atomic E-state index is 13.4. The molecular formula is C22H18F3N3O4. The number of hydrogen-bond donors (Lipinski definition) is 3. The summed E-state index contributed by atoms with van der Waals surface area (Å²) in [5.74, 6) is -0.964. The van der Waals surface area contributed by atoms with Gasteiger partial charge in [-0.2, -0.15) is 13.2 Å². The van der Waals surface area contributed by atoms with Gasteiger partial charge in [-0.1, -0.05) is 24.3 Å². The summed E-state index contributed by atoms with van der Waals surface area (Å²) in [6.07, 6.45) is -4.85. The van der Waals surface area contributed by atoms with E-state index in [1.54, 1.807) is 29.2 Å². The first-order valence-electron chi connectivity index (χ1n) is 9.28. The van der Waals surface area contributed by atoms with Gasteiger partial charge in [-0.05, 0) is 41.5 Å². The highest BCUT2D eigenvalue weighted by atomic mass is 19.4. The Bertz CT molecular complexity index is 1200. The first kappa shape index (κ1) is 22.6. The second-order valence-electron chi connectivity index (χ2n) is 6.75. The molecule has 0 atom stereocenters. The number of aromatic nitrogens is 1. The lowest BCUT2D eigenvalue weighted by Crippen LogP contribution is -2.27. The molecule has 2 amide bonds. The number of amides is 2. The third-order valence-corrected chi connectivity index (χ3v) is 4.60. The van der Waals surface area contributed by atoms with E-state index in [-0.39, 0.29) is 23.6 Å². The van der Waals surface area contributed by atoms with Gasteiger partial charge in [-0.3, -0.25) is 14.4 Å². The Labute approximate surface area is 180 Å². The van der Waals surface area contributed by atoms with E-state index in [0.29, 0.717) is 11.3 Å². The number of carbonyl (C=O) groups is 2. The number of pyridine rings is 1. The summed E-state index contributed by atoms with van der Waals surface area (Å²) in [5, 5.41) is 2.52. The topological polar surface area (TPSA) is 114 Å². The minimum absolute atomic E-state index is 0.110. The molecule has 3 aromatic rings. The molecule has 0 fully saturated rings. The van der Waals surface area contributed by atoms with Crippen molar-refractivity contribution < 1.29 is 27.5 Å². The molecule has 1 aromatic heterocycles. The molecule has 0 aliphatic carbocycles. The number of rotatable bonds is 6. The van der Waals surface area contributed by atoms with E-state index >= 15 is 0 Å². The van der Waals surface area contributed by atoms with Gasteiger partial charge in [0.2, 0.25) is 0 Å². The Hall–Kier alpha value is -4.08. The fourth-order valence-electron chi connectivity index (χ4n) is 2.96. The molecule has 0 spiro atoms. The van der Waals surface area contributed by atoms with Crippen LogP contribution in [0.15, 0.2) is 59.4 Å². The van der Waals surface area contributed by atoms with E-state index in [9.17, 15) is 27.6 Å². The third kappa shape index (κ3) is 4.97. The van der Waals surface area contributed by atoms with Crippen LogP contribution in [-0.2, 0) is 12.8 Å². The highest BCUT2D eigenvalue weighted by Crippen LogP contribution is 2.35. The van der Waals surface area contributed by atoms with E-state index in [4.69, 9.17) is 10.5 Å². The summed E-state index contributed by atoms with van der Waals surface area (Å²) in [7, 11) is 1.53. The summed E-state index contributed by atoms with van der Waals surface area (Å²) in [6, 6.07) is 13.2. The van der Waals surface area contributed by atoms with Crippen LogP contribution in [0.1, 0.15) is 32.0 Å². The predicted molar refractivity (Wildman–Crippen MR) is 110 cm³/mol. The molecule has 0 saturated carbocycles.